The summed E-state index contributed by atoms with van der Waals surface area (Å²) in [6.45, 7) is 10.4. The number of nitrogens with one attached hydrogen (secondary N) is 1. The van der Waals surface area contributed by atoms with Crippen molar-refractivity contribution in [2.24, 2.45) is 5.92 Å². The Balaban J connectivity index is 3.22. The largest absolute Gasteiger partial charge is 0.481 e. The number of unbranched alkanes of at least 4 members (excludes halogenated alkanes) is 4. The lowest BCUT2D eigenvalue weighted by Gasteiger charge is -2.32. The van der Waals surface area contributed by atoms with Crippen LogP contribution in [0.25, 0.3) is 0 Å². The third kappa shape index (κ3) is 11.2. The fourth-order valence-electron chi connectivity index (χ4n) is 3.62. The lowest BCUT2D eigenvalue weighted by atomic mass is 9.91. The fourth-order valence-corrected chi connectivity index (χ4v) is 3.62. The summed E-state index contributed by atoms with van der Waals surface area (Å²) in [5, 5.41) is 12.6. The number of aliphatic carboxylic acids is 1. The number of hydrogen-bond donors (Lipinski definition) is 2. The first-order valence-electron chi connectivity index (χ1n) is 12.1. The molecule has 1 rings (SSSR count). The molecule has 0 spiro atoms. The van der Waals surface area contributed by atoms with Gasteiger partial charge in [-0.25, -0.2) is 4.79 Å². The van der Waals surface area contributed by atoms with Crippen molar-refractivity contribution in [1.29, 1.82) is 0 Å². The molecule has 186 valence electrons. The second-order valence-corrected chi connectivity index (χ2v) is 9.50. The number of carbonyl (C=O) groups excluding carboxylic acids is 2. The molecule has 0 heterocycles. The highest BCUT2D eigenvalue weighted by atomic mass is 16.6. The first-order valence-corrected chi connectivity index (χ1v) is 12.1. The third-order valence-corrected chi connectivity index (χ3v) is 5.33. The Hall–Kier alpha value is -2.57. The summed E-state index contributed by atoms with van der Waals surface area (Å²) in [6.07, 6.45) is 5.00. The maximum absolute atomic E-state index is 13.7. The molecule has 2 atom stereocenters. The second-order valence-electron chi connectivity index (χ2n) is 9.50. The van der Waals surface area contributed by atoms with Gasteiger partial charge < -0.3 is 20.1 Å². The molecule has 1 aromatic rings. The molecule has 7 nitrogen and oxygen atoms in total. The van der Waals surface area contributed by atoms with Crippen molar-refractivity contribution in [3.63, 3.8) is 0 Å². The number of carbonyl (C=O) groups is 3. The van der Waals surface area contributed by atoms with E-state index < -0.39 is 29.6 Å². The molecule has 2 N–H and O–H groups in total. The molecule has 2 amide bonds. The van der Waals surface area contributed by atoms with Gasteiger partial charge in [0.2, 0.25) is 5.91 Å². The van der Waals surface area contributed by atoms with E-state index in [1.807, 2.05) is 30.3 Å². The van der Waals surface area contributed by atoms with Gasteiger partial charge in [-0.3, -0.25) is 9.59 Å². The van der Waals surface area contributed by atoms with Gasteiger partial charge >= 0.3 is 12.1 Å². The van der Waals surface area contributed by atoms with Crippen molar-refractivity contribution >= 4 is 18.0 Å². The summed E-state index contributed by atoms with van der Waals surface area (Å²) in [5.74, 6) is -2.61. The van der Waals surface area contributed by atoms with E-state index in [4.69, 9.17) is 4.74 Å². The van der Waals surface area contributed by atoms with Crippen LogP contribution in [-0.2, 0) is 20.7 Å². The molecule has 0 aliphatic rings. The monoisotopic (exact) mass is 462 g/mol. The molecular weight excluding hydrogens is 420 g/mol. The summed E-state index contributed by atoms with van der Waals surface area (Å²) in [6, 6.07) is 7.93. The summed E-state index contributed by atoms with van der Waals surface area (Å²) < 4.78 is 5.36. The Kier molecular flexibility index (Phi) is 12.6. The number of alkyl carbamates (subject to hydrolysis) is 1. The molecule has 33 heavy (non-hydrogen) atoms. The average Bonchev–Trinajstić information content (AvgIpc) is 2.74. The van der Waals surface area contributed by atoms with Gasteiger partial charge in [0.05, 0.1) is 5.92 Å². The number of carboxylic acids is 1. The number of carboxylic acid groups (broad SMARTS) is 1. The predicted molar refractivity (Wildman–Crippen MR) is 130 cm³/mol. The molecule has 7 heteroatoms. The molecule has 0 aliphatic heterocycles. The number of nitrogens with zero attached hydrogens (tertiary/aromatic N) is 1. The third-order valence-electron chi connectivity index (χ3n) is 5.33. The average molecular weight is 463 g/mol. The SMILES string of the molecule is CCCCCN(CCCCC)C(=O)[C@@H](NC(=O)OC(C)(C)C)C(Cc1ccccc1)C(=O)O. The Labute approximate surface area is 198 Å². The van der Waals surface area contributed by atoms with E-state index in [9.17, 15) is 19.5 Å². The first kappa shape index (κ1) is 28.5. The van der Waals surface area contributed by atoms with Crippen LogP contribution in [0.4, 0.5) is 4.79 Å². The van der Waals surface area contributed by atoms with Gasteiger partial charge in [-0.15, -0.1) is 0 Å². The molecule has 0 aromatic heterocycles. The maximum Gasteiger partial charge on any atom is 0.408 e. The van der Waals surface area contributed by atoms with Gasteiger partial charge in [-0.05, 0) is 45.6 Å². The molecular formula is C26H42N2O5. The standard InChI is InChI=1S/C26H42N2O5/c1-6-8-13-17-28(18-14-9-7-2)23(29)22(27-25(32)33-26(3,4)5)21(24(30)31)19-20-15-11-10-12-16-20/h10-12,15-16,21-22H,6-9,13-14,17-19H2,1-5H3,(H,27,32)(H,30,31)/t21?,22-/m0/s1. The van der Waals surface area contributed by atoms with Crippen molar-refractivity contribution in [3.05, 3.63) is 35.9 Å². The van der Waals surface area contributed by atoms with Gasteiger partial charge in [0, 0.05) is 13.1 Å². The molecule has 0 aliphatic carbocycles. The molecule has 0 radical (unpaired) electrons. The van der Waals surface area contributed by atoms with E-state index in [0.29, 0.717) is 13.1 Å². The predicted octanol–water partition coefficient (Wildman–Crippen LogP) is 5.03. The number of ether oxygens (including phenoxy) is 1. The van der Waals surface area contributed by atoms with Crippen molar-refractivity contribution in [2.75, 3.05) is 13.1 Å². The zero-order chi connectivity index (χ0) is 24.9. The highest BCUT2D eigenvalue weighted by molar-refractivity contribution is 5.90. The molecule has 0 saturated carbocycles. The van der Waals surface area contributed by atoms with Crippen molar-refractivity contribution < 1.29 is 24.2 Å². The van der Waals surface area contributed by atoms with Crippen LogP contribution >= 0.6 is 0 Å². The summed E-state index contributed by atoms with van der Waals surface area (Å²) >= 11 is 0. The van der Waals surface area contributed by atoms with Gasteiger partial charge in [0.15, 0.2) is 0 Å². The van der Waals surface area contributed by atoms with Gasteiger partial charge in [0.1, 0.15) is 11.6 Å². The second kappa shape index (κ2) is 14.6. The molecule has 0 bridgehead atoms. The van der Waals surface area contributed by atoms with Crippen LogP contribution in [0, 0.1) is 5.92 Å². The van der Waals surface area contributed by atoms with E-state index in [1.165, 1.54) is 0 Å². The van der Waals surface area contributed by atoms with Crippen molar-refractivity contribution in [2.45, 2.75) is 91.2 Å². The van der Waals surface area contributed by atoms with Crippen LogP contribution < -0.4 is 5.32 Å². The van der Waals surface area contributed by atoms with Crippen LogP contribution in [-0.4, -0.2) is 52.7 Å². The molecule has 0 saturated heterocycles. The van der Waals surface area contributed by atoms with Gasteiger partial charge in [-0.1, -0.05) is 69.9 Å². The zero-order valence-electron chi connectivity index (χ0n) is 20.9. The Morgan fingerprint density at radius 3 is 1.97 bits per heavy atom. The Morgan fingerprint density at radius 2 is 1.52 bits per heavy atom. The lowest BCUT2D eigenvalue weighted by Crippen LogP contribution is -2.55. The topological polar surface area (TPSA) is 95.9 Å². The number of rotatable bonds is 14. The highest BCUT2D eigenvalue weighted by Gasteiger charge is 2.38. The van der Waals surface area contributed by atoms with Crippen molar-refractivity contribution in [3.8, 4) is 0 Å². The smallest absolute Gasteiger partial charge is 0.408 e. The van der Waals surface area contributed by atoms with Crippen LogP contribution in [0.2, 0.25) is 0 Å². The van der Waals surface area contributed by atoms with Crippen molar-refractivity contribution in [1.82, 2.24) is 10.2 Å². The number of amides is 2. The Morgan fingerprint density at radius 1 is 0.970 bits per heavy atom. The lowest BCUT2D eigenvalue weighted by molar-refractivity contribution is -0.148. The van der Waals surface area contributed by atoms with Crippen LogP contribution in [0.1, 0.15) is 78.7 Å². The minimum absolute atomic E-state index is 0.125. The minimum Gasteiger partial charge on any atom is -0.481 e. The normalized spacial score (nSPS) is 13.1. The van der Waals surface area contributed by atoms with Crippen LogP contribution in [0.3, 0.4) is 0 Å². The fraction of sp³-hybridized carbons (Fsp3) is 0.654. The van der Waals surface area contributed by atoms with Gasteiger partial charge in [-0.2, -0.15) is 0 Å². The van der Waals surface area contributed by atoms with E-state index in [0.717, 1.165) is 44.1 Å². The molecule has 1 aromatic carbocycles. The van der Waals surface area contributed by atoms with Crippen LogP contribution in [0.5, 0.6) is 0 Å². The highest BCUT2D eigenvalue weighted by Crippen LogP contribution is 2.18. The summed E-state index contributed by atoms with van der Waals surface area (Å²) in [7, 11) is 0. The summed E-state index contributed by atoms with van der Waals surface area (Å²) in [4.78, 5) is 40.3. The first-order chi connectivity index (χ1) is 15.6. The zero-order valence-corrected chi connectivity index (χ0v) is 20.9. The number of benzene rings is 1. The maximum atomic E-state index is 13.7. The summed E-state index contributed by atoms with van der Waals surface area (Å²) in [5.41, 5.74) is 0.0230. The van der Waals surface area contributed by atoms with E-state index in [-0.39, 0.29) is 12.3 Å². The van der Waals surface area contributed by atoms with Gasteiger partial charge in [0.25, 0.3) is 0 Å². The Bertz CT molecular complexity index is 720. The van der Waals surface area contributed by atoms with E-state index in [1.54, 1.807) is 25.7 Å². The molecule has 0 fully saturated rings. The van der Waals surface area contributed by atoms with E-state index >= 15 is 0 Å². The number of hydrogen-bond acceptors (Lipinski definition) is 4. The molecule has 1 unspecified atom stereocenters. The minimum atomic E-state index is -1.22. The van der Waals surface area contributed by atoms with Crippen LogP contribution in [0.15, 0.2) is 30.3 Å². The van der Waals surface area contributed by atoms with E-state index in [2.05, 4.69) is 19.2 Å². The quantitative estimate of drug-likeness (QED) is 0.378.